The minimum atomic E-state index is -3.42. The first kappa shape index (κ1) is 23.4. The van der Waals surface area contributed by atoms with Gasteiger partial charge in [0.25, 0.3) is 0 Å². The van der Waals surface area contributed by atoms with Gasteiger partial charge in [-0.05, 0) is 56.1 Å². The summed E-state index contributed by atoms with van der Waals surface area (Å²) in [7, 11) is 1.64. The summed E-state index contributed by atoms with van der Waals surface area (Å²) in [4.78, 5) is 30.4. The van der Waals surface area contributed by atoms with Crippen molar-refractivity contribution in [3.8, 4) is 0 Å². The molecule has 0 saturated heterocycles. The molecule has 1 amide bonds. The van der Waals surface area contributed by atoms with Gasteiger partial charge in [0.15, 0.2) is 0 Å². The van der Waals surface area contributed by atoms with E-state index in [4.69, 9.17) is 4.74 Å². The zero-order valence-corrected chi connectivity index (χ0v) is 19.2. The van der Waals surface area contributed by atoms with Crippen LogP contribution in [-0.2, 0) is 19.6 Å². The number of fused-ring (bicyclic) bond motifs is 1. The first-order chi connectivity index (χ1) is 15.1. The molecule has 0 bridgehead atoms. The molecule has 1 atom stereocenters. The summed E-state index contributed by atoms with van der Waals surface area (Å²) >= 11 is 0. The number of ether oxygens (including phenoxy) is 1. The predicted octanol–water partition coefficient (Wildman–Crippen LogP) is 2.24. The highest BCUT2D eigenvalue weighted by Gasteiger charge is 2.30. The number of likely N-dealkylation sites (N-methyl/N-ethyl adjacent to an activating group) is 1. The van der Waals surface area contributed by atoms with Gasteiger partial charge in [0.1, 0.15) is 5.92 Å². The second-order valence-corrected chi connectivity index (χ2v) is 9.60. The van der Waals surface area contributed by atoms with Crippen LogP contribution in [0.5, 0.6) is 0 Å². The summed E-state index contributed by atoms with van der Waals surface area (Å²) < 4.78 is 30.4. The van der Waals surface area contributed by atoms with E-state index in [1.54, 1.807) is 42.5 Å². The zero-order chi connectivity index (χ0) is 23.5. The maximum absolute atomic E-state index is 12.4. The van der Waals surface area contributed by atoms with Crippen molar-refractivity contribution in [3.05, 3.63) is 53.6 Å². The van der Waals surface area contributed by atoms with E-state index in [-0.39, 0.29) is 5.91 Å². The second-order valence-electron chi connectivity index (χ2n) is 7.69. The Hall–Kier alpha value is -3.24. The topological polar surface area (TPSA) is 108 Å². The zero-order valence-electron chi connectivity index (χ0n) is 18.4. The van der Waals surface area contributed by atoms with E-state index in [0.29, 0.717) is 35.7 Å². The molecular weight excluding hydrogens is 432 g/mol. The van der Waals surface area contributed by atoms with E-state index in [2.05, 4.69) is 10.3 Å². The number of carbonyl (C=O) groups excluding carboxylic acids is 2. The molecule has 0 fully saturated rings. The highest BCUT2D eigenvalue weighted by Crippen LogP contribution is 2.33. The van der Waals surface area contributed by atoms with E-state index < -0.39 is 21.9 Å². The molecule has 0 saturated carbocycles. The summed E-state index contributed by atoms with van der Waals surface area (Å²) in [5.74, 6) is -1.31. The molecule has 9 nitrogen and oxygen atoms in total. The van der Waals surface area contributed by atoms with Crippen LogP contribution >= 0.6 is 0 Å². The summed E-state index contributed by atoms with van der Waals surface area (Å²) in [6, 6.07) is 11.7. The number of esters is 1. The maximum Gasteiger partial charge on any atom is 0.337 e. The summed E-state index contributed by atoms with van der Waals surface area (Å²) in [5, 5.41) is 2.75. The number of nitrogens with zero attached hydrogens (tertiary/aromatic N) is 3. The van der Waals surface area contributed by atoms with Gasteiger partial charge in [-0.15, -0.1) is 0 Å². The van der Waals surface area contributed by atoms with Crippen molar-refractivity contribution < 1.29 is 22.7 Å². The fraction of sp³-hybridized carbons (Fsp3) is 0.318. The van der Waals surface area contributed by atoms with Crippen molar-refractivity contribution in [2.24, 2.45) is 4.99 Å². The highest BCUT2D eigenvalue weighted by molar-refractivity contribution is 7.92. The van der Waals surface area contributed by atoms with Gasteiger partial charge in [0, 0.05) is 25.0 Å². The highest BCUT2D eigenvalue weighted by atomic mass is 32.2. The number of aliphatic imine (C=N–C) groups is 1. The lowest BCUT2D eigenvalue weighted by Crippen LogP contribution is -2.35. The lowest BCUT2D eigenvalue weighted by molar-refractivity contribution is -0.115. The van der Waals surface area contributed by atoms with E-state index >= 15 is 0 Å². The summed E-state index contributed by atoms with van der Waals surface area (Å²) in [5.41, 5.74) is 2.75. The molecule has 170 valence electrons. The number of carbonyl (C=O) groups is 2. The summed E-state index contributed by atoms with van der Waals surface area (Å²) in [6.45, 7) is 0.919. The van der Waals surface area contributed by atoms with Crippen molar-refractivity contribution in [2.75, 3.05) is 50.2 Å². The van der Waals surface area contributed by atoms with Crippen LogP contribution in [0.4, 0.5) is 17.1 Å². The van der Waals surface area contributed by atoms with Crippen LogP contribution in [0.3, 0.4) is 0 Å². The first-order valence-corrected chi connectivity index (χ1v) is 11.7. The molecule has 1 N–H and O–H groups in total. The van der Waals surface area contributed by atoms with Crippen LogP contribution in [0.15, 0.2) is 47.5 Å². The third kappa shape index (κ3) is 5.32. The number of nitrogens with one attached hydrogen (secondary N) is 1. The average Bonchev–Trinajstić information content (AvgIpc) is 3.05. The number of rotatable bonds is 8. The van der Waals surface area contributed by atoms with Gasteiger partial charge >= 0.3 is 5.97 Å². The Morgan fingerprint density at radius 3 is 2.44 bits per heavy atom. The van der Waals surface area contributed by atoms with Crippen molar-refractivity contribution in [3.63, 3.8) is 0 Å². The number of sulfonamides is 1. The molecule has 1 heterocycles. The minimum Gasteiger partial charge on any atom is -0.465 e. The van der Waals surface area contributed by atoms with Crippen LogP contribution < -0.4 is 9.62 Å². The van der Waals surface area contributed by atoms with Crippen molar-refractivity contribution in [2.45, 2.75) is 5.92 Å². The lowest BCUT2D eigenvalue weighted by Gasteiger charge is -2.24. The van der Waals surface area contributed by atoms with E-state index in [1.165, 1.54) is 23.9 Å². The van der Waals surface area contributed by atoms with Crippen LogP contribution in [0, 0.1) is 0 Å². The standard InChI is InChI=1S/C22H26N4O5S/c1-25(2)11-12-26(32(4,29)30)17-8-6-16(7-9-17)23-14-19-18-10-5-15(22(28)31-3)13-20(18)24-21(19)27/h5-10,13-14,19H,11-12H2,1-4H3,(H,24,27). The molecule has 0 aromatic heterocycles. The van der Waals surface area contributed by atoms with Gasteiger partial charge in [-0.3, -0.25) is 14.1 Å². The van der Waals surface area contributed by atoms with Crippen LogP contribution in [0.2, 0.25) is 0 Å². The predicted molar refractivity (Wildman–Crippen MR) is 124 cm³/mol. The lowest BCUT2D eigenvalue weighted by atomic mass is 10.0. The van der Waals surface area contributed by atoms with Crippen molar-refractivity contribution in [1.82, 2.24) is 4.90 Å². The Labute approximate surface area is 187 Å². The Morgan fingerprint density at radius 2 is 1.84 bits per heavy atom. The first-order valence-electron chi connectivity index (χ1n) is 9.90. The average molecular weight is 459 g/mol. The number of amides is 1. The van der Waals surface area contributed by atoms with Gasteiger partial charge in [-0.1, -0.05) is 6.07 Å². The minimum absolute atomic E-state index is 0.241. The number of hydrogen-bond donors (Lipinski definition) is 1. The number of anilines is 2. The molecule has 1 aliphatic rings. The number of hydrogen-bond acceptors (Lipinski definition) is 7. The molecule has 0 radical (unpaired) electrons. The Bertz CT molecular complexity index is 1140. The van der Waals surface area contributed by atoms with Crippen LogP contribution in [-0.4, -0.2) is 72.0 Å². The molecular formula is C22H26N4O5S. The molecule has 0 spiro atoms. The monoisotopic (exact) mass is 458 g/mol. The van der Waals surface area contributed by atoms with E-state index in [0.717, 1.165) is 5.56 Å². The van der Waals surface area contributed by atoms with Crippen LogP contribution in [0.25, 0.3) is 0 Å². The molecule has 1 unspecified atom stereocenters. The molecule has 0 aliphatic carbocycles. The van der Waals surface area contributed by atoms with Gasteiger partial charge in [0.05, 0.1) is 30.3 Å². The fourth-order valence-electron chi connectivity index (χ4n) is 3.32. The second kappa shape index (κ2) is 9.49. The van der Waals surface area contributed by atoms with Crippen LogP contribution in [0.1, 0.15) is 21.8 Å². The van der Waals surface area contributed by atoms with E-state index in [1.807, 2.05) is 19.0 Å². The molecule has 2 aromatic carbocycles. The van der Waals surface area contributed by atoms with Gasteiger partial charge in [0.2, 0.25) is 15.9 Å². The summed E-state index contributed by atoms with van der Waals surface area (Å²) in [6.07, 6.45) is 2.71. The molecule has 1 aliphatic heterocycles. The largest absolute Gasteiger partial charge is 0.465 e. The number of benzene rings is 2. The fourth-order valence-corrected chi connectivity index (χ4v) is 4.24. The smallest absolute Gasteiger partial charge is 0.337 e. The number of methoxy groups -OCH3 is 1. The Kier molecular flexibility index (Phi) is 6.95. The van der Waals surface area contributed by atoms with Crippen molar-refractivity contribution >= 4 is 45.2 Å². The SMILES string of the molecule is COC(=O)c1ccc2c(c1)NC(=O)C2C=Nc1ccc(N(CCN(C)C)S(C)(=O)=O)cc1. The third-order valence-electron chi connectivity index (χ3n) is 5.01. The van der Waals surface area contributed by atoms with E-state index in [9.17, 15) is 18.0 Å². The molecule has 2 aromatic rings. The van der Waals surface area contributed by atoms with Gasteiger partial charge in [-0.2, -0.15) is 0 Å². The third-order valence-corrected chi connectivity index (χ3v) is 6.20. The molecule has 10 heteroatoms. The Morgan fingerprint density at radius 1 is 1.16 bits per heavy atom. The van der Waals surface area contributed by atoms with Gasteiger partial charge < -0.3 is 15.0 Å². The molecule has 3 rings (SSSR count). The van der Waals surface area contributed by atoms with Crippen molar-refractivity contribution in [1.29, 1.82) is 0 Å². The Balaban J connectivity index is 1.78. The quantitative estimate of drug-likeness (QED) is 0.480. The normalized spacial score (nSPS) is 15.7. The van der Waals surface area contributed by atoms with Gasteiger partial charge in [-0.25, -0.2) is 13.2 Å². The maximum atomic E-state index is 12.4. The molecule has 32 heavy (non-hydrogen) atoms.